The molecule has 0 aliphatic heterocycles. The van der Waals surface area contributed by atoms with E-state index >= 15 is 0 Å². The summed E-state index contributed by atoms with van der Waals surface area (Å²) in [5, 5.41) is 25.5. The number of benzene rings is 2. The fourth-order valence-electron chi connectivity index (χ4n) is 1.52. The lowest BCUT2D eigenvalue weighted by Crippen LogP contribution is -1.95. The van der Waals surface area contributed by atoms with Crippen LogP contribution in [0.1, 0.15) is 20.7 Å². The Labute approximate surface area is 114 Å². The maximum Gasteiger partial charge on any atom is 0.337 e. The molecule has 2 rings (SSSR count). The van der Waals surface area contributed by atoms with E-state index in [1.54, 1.807) is 18.2 Å². The van der Waals surface area contributed by atoms with Gasteiger partial charge in [0, 0.05) is 0 Å². The van der Waals surface area contributed by atoms with Crippen LogP contribution in [0, 0.1) is 0 Å². The predicted molar refractivity (Wildman–Crippen MR) is 71.0 cm³/mol. The Morgan fingerprint density at radius 1 is 0.800 bits per heavy atom. The molecule has 0 aromatic heterocycles. The van der Waals surface area contributed by atoms with Crippen LogP contribution in [0.15, 0.2) is 58.8 Å². The van der Waals surface area contributed by atoms with Gasteiger partial charge in [-0.25, -0.2) is 9.59 Å². The lowest BCUT2D eigenvalue weighted by molar-refractivity contribution is 0.0686. The Morgan fingerprint density at radius 2 is 1.45 bits per heavy atom. The van der Waals surface area contributed by atoms with Crippen molar-refractivity contribution in [2.24, 2.45) is 10.2 Å². The quantitative estimate of drug-likeness (QED) is 0.830. The fourth-order valence-corrected chi connectivity index (χ4v) is 1.52. The Hall–Kier alpha value is -3.02. The molecule has 0 atom stereocenters. The first-order valence-corrected chi connectivity index (χ1v) is 5.65. The third-order valence-electron chi connectivity index (χ3n) is 2.52. The molecule has 20 heavy (non-hydrogen) atoms. The van der Waals surface area contributed by atoms with Crippen molar-refractivity contribution in [2.45, 2.75) is 0 Å². The van der Waals surface area contributed by atoms with Crippen molar-refractivity contribution in [2.75, 3.05) is 0 Å². The molecule has 100 valence electrons. The zero-order valence-corrected chi connectivity index (χ0v) is 10.2. The van der Waals surface area contributed by atoms with E-state index in [2.05, 4.69) is 10.2 Å². The largest absolute Gasteiger partial charge is 0.478 e. The fraction of sp³-hybridized carbons (Fsp3) is 0. The first kappa shape index (κ1) is 13.4. The summed E-state index contributed by atoms with van der Waals surface area (Å²) < 4.78 is 0. The first-order chi connectivity index (χ1) is 9.58. The number of carboxylic acid groups (broad SMARTS) is 2. The molecule has 6 heteroatoms. The second-order valence-corrected chi connectivity index (χ2v) is 3.87. The maximum atomic E-state index is 11.0. The van der Waals surface area contributed by atoms with Crippen LogP contribution >= 0.6 is 0 Å². The van der Waals surface area contributed by atoms with Crippen LogP contribution in [-0.4, -0.2) is 22.2 Å². The van der Waals surface area contributed by atoms with Crippen LogP contribution in [0.4, 0.5) is 11.4 Å². The van der Waals surface area contributed by atoms with Crippen molar-refractivity contribution in [3.63, 3.8) is 0 Å². The van der Waals surface area contributed by atoms with E-state index in [1.807, 2.05) is 0 Å². The van der Waals surface area contributed by atoms with E-state index in [4.69, 9.17) is 10.2 Å². The standard InChI is InChI=1S/C14H10N2O4/c17-13(18)9-5-7-10(8-6-9)15-16-12-4-2-1-3-11(12)14(19)20/h1-8H,(H,17,18)(H,19,20)/b16-15+. The summed E-state index contributed by atoms with van der Waals surface area (Å²) in [4.78, 5) is 21.7. The summed E-state index contributed by atoms with van der Waals surface area (Å²) in [6, 6.07) is 12.0. The van der Waals surface area contributed by atoms with Crippen molar-refractivity contribution in [1.29, 1.82) is 0 Å². The van der Waals surface area contributed by atoms with Gasteiger partial charge in [-0.1, -0.05) is 12.1 Å². The number of aromatic carboxylic acids is 2. The summed E-state index contributed by atoms with van der Waals surface area (Å²) in [7, 11) is 0. The summed E-state index contributed by atoms with van der Waals surface area (Å²) in [5.41, 5.74) is 0.880. The molecule has 0 bridgehead atoms. The lowest BCUT2D eigenvalue weighted by atomic mass is 10.2. The molecule has 0 aliphatic carbocycles. The monoisotopic (exact) mass is 270 g/mol. The van der Waals surface area contributed by atoms with Crippen molar-refractivity contribution in [3.8, 4) is 0 Å². The molecule has 0 aliphatic rings. The van der Waals surface area contributed by atoms with E-state index in [0.717, 1.165) is 0 Å². The van der Waals surface area contributed by atoms with Crippen LogP contribution in [0.5, 0.6) is 0 Å². The van der Waals surface area contributed by atoms with Gasteiger partial charge in [-0.15, -0.1) is 5.11 Å². The Bertz CT molecular complexity index is 678. The molecule has 0 heterocycles. The second-order valence-electron chi connectivity index (χ2n) is 3.87. The highest BCUT2D eigenvalue weighted by atomic mass is 16.4. The highest BCUT2D eigenvalue weighted by molar-refractivity contribution is 5.93. The lowest BCUT2D eigenvalue weighted by Gasteiger charge is -1.99. The van der Waals surface area contributed by atoms with Gasteiger partial charge in [0.25, 0.3) is 0 Å². The van der Waals surface area contributed by atoms with Gasteiger partial charge in [0.05, 0.1) is 16.8 Å². The molecular weight excluding hydrogens is 260 g/mol. The van der Waals surface area contributed by atoms with E-state index in [9.17, 15) is 9.59 Å². The number of nitrogens with zero attached hydrogens (tertiary/aromatic N) is 2. The molecule has 0 radical (unpaired) electrons. The van der Waals surface area contributed by atoms with Crippen LogP contribution in [-0.2, 0) is 0 Å². The van der Waals surface area contributed by atoms with E-state index in [-0.39, 0.29) is 16.8 Å². The number of hydrogen-bond acceptors (Lipinski definition) is 4. The molecule has 0 unspecified atom stereocenters. The molecule has 0 fully saturated rings. The third-order valence-corrected chi connectivity index (χ3v) is 2.52. The Kier molecular flexibility index (Phi) is 3.85. The van der Waals surface area contributed by atoms with Crippen LogP contribution in [0.2, 0.25) is 0 Å². The normalized spacial score (nSPS) is 10.6. The summed E-state index contributed by atoms with van der Waals surface area (Å²) in [6.45, 7) is 0. The van der Waals surface area contributed by atoms with Gasteiger partial charge >= 0.3 is 11.9 Å². The van der Waals surface area contributed by atoms with Gasteiger partial charge in [-0.2, -0.15) is 5.11 Å². The van der Waals surface area contributed by atoms with Gasteiger partial charge in [-0.3, -0.25) is 0 Å². The van der Waals surface area contributed by atoms with Crippen molar-refractivity contribution in [3.05, 3.63) is 59.7 Å². The third kappa shape index (κ3) is 3.05. The number of rotatable bonds is 4. The molecule has 0 spiro atoms. The van der Waals surface area contributed by atoms with Gasteiger partial charge < -0.3 is 10.2 Å². The van der Waals surface area contributed by atoms with Crippen LogP contribution < -0.4 is 0 Å². The zero-order valence-electron chi connectivity index (χ0n) is 10.2. The summed E-state index contributed by atoms with van der Waals surface area (Å²) in [6.07, 6.45) is 0. The molecule has 0 amide bonds. The van der Waals surface area contributed by atoms with E-state index < -0.39 is 11.9 Å². The van der Waals surface area contributed by atoms with Gasteiger partial charge in [0.15, 0.2) is 0 Å². The molecule has 2 aromatic rings. The minimum Gasteiger partial charge on any atom is -0.478 e. The van der Waals surface area contributed by atoms with Crippen molar-refractivity contribution >= 4 is 23.3 Å². The number of azo groups is 1. The molecular formula is C14H10N2O4. The molecule has 2 N–H and O–H groups in total. The van der Waals surface area contributed by atoms with Gasteiger partial charge in [0.2, 0.25) is 0 Å². The highest BCUT2D eigenvalue weighted by Gasteiger charge is 2.08. The minimum atomic E-state index is -1.08. The van der Waals surface area contributed by atoms with Gasteiger partial charge in [-0.05, 0) is 36.4 Å². The van der Waals surface area contributed by atoms with Crippen LogP contribution in [0.3, 0.4) is 0 Å². The Morgan fingerprint density at radius 3 is 2.05 bits per heavy atom. The number of hydrogen-bond donors (Lipinski definition) is 2. The number of carbonyl (C=O) groups is 2. The molecule has 0 saturated carbocycles. The number of carboxylic acids is 2. The second kappa shape index (κ2) is 5.75. The molecule has 6 nitrogen and oxygen atoms in total. The summed E-state index contributed by atoms with van der Waals surface area (Å²) in [5.74, 6) is -2.11. The van der Waals surface area contributed by atoms with Crippen molar-refractivity contribution in [1.82, 2.24) is 0 Å². The van der Waals surface area contributed by atoms with Gasteiger partial charge in [0.1, 0.15) is 5.69 Å². The molecule has 2 aromatic carbocycles. The minimum absolute atomic E-state index is 0.0541. The van der Waals surface area contributed by atoms with Crippen molar-refractivity contribution < 1.29 is 19.8 Å². The predicted octanol–water partition coefficient (Wildman–Crippen LogP) is 3.50. The first-order valence-electron chi connectivity index (χ1n) is 5.65. The van der Waals surface area contributed by atoms with E-state index in [0.29, 0.717) is 5.69 Å². The highest BCUT2D eigenvalue weighted by Crippen LogP contribution is 2.22. The zero-order chi connectivity index (χ0) is 14.5. The average molecular weight is 270 g/mol. The van der Waals surface area contributed by atoms with Crippen LogP contribution in [0.25, 0.3) is 0 Å². The average Bonchev–Trinajstić information content (AvgIpc) is 2.45. The SMILES string of the molecule is O=C(O)c1ccc(/N=N/c2ccccc2C(=O)O)cc1. The maximum absolute atomic E-state index is 11.0. The molecule has 0 saturated heterocycles. The Balaban J connectivity index is 2.25. The topological polar surface area (TPSA) is 99.3 Å². The van der Waals surface area contributed by atoms with E-state index in [1.165, 1.54) is 30.3 Å². The smallest absolute Gasteiger partial charge is 0.337 e. The summed E-state index contributed by atoms with van der Waals surface area (Å²) >= 11 is 0.